The molecular formula is C9H10O5. The van der Waals surface area contributed by atoms with E-state index < -0.39 is 11.7 Å². The third-order valence-electron chi connectivity index (χ3n) is 1.61. The lowest BCUT2D eigenvalue weighted by atomic mass is 10.2. The fourth-order valence-electron chi connectivity index (χ4n) is 1.000. The van der Waals surface area contributed by atoms with Crippen LogP contribution in [0.5, 0.6) is 17.2 Å². The Labute approximate surface area is 80.2 Å². The summed E-state index contributed by atoms with van der Waals surface area (Å²) >= 11 is 0. The van der Waals surface area contributed by atoms with E-state index in [0.29, 0.717) is 6.61 Å². The first-order chi connectivity index (χ1) is 6.56. The zero-order chi connectivity index (χ0) is 10.7. The number of aromatic hydroxyl groups is 2. The average molecular weight is 198 g/mol. The van der Waals surface area contributed by atoms with E-state index in [1.165, 1.54) is 0 Å². The van der Waals surface area contributed by atoms with Gasteiger partial charge < -0.3 is 20.1 Å². The lowest BCUT2D eigenvalue weighted by Crippen LogP contribution is -1.99. The Morgan fingerprint density at radius 2 is 2.00 bits per heavy atom. The van der Waals surface area contributed by atoms with E-state index in [1.54, 1.807) is 6.92 Å². The van der Waals surface area contributed by atoms with Gasteiger partial charge in [0.25, 0.3) is 0 Å². The number of carboxylic acids is 1. The predicted molar refractivity (Wildman–Crippen MR) is 47.9 cm³/mol. The summed E-state index contributed by atoms with van der Waals surface area (Å²) in [6.45, 7) is 2.00. The van der Waals surface area contributed by atoms with Crippen LogP contribution in [-0.2, 0) is 0 Å². The Kier molecular flexibility index (Phi) is 2.81. The number of phenols is 2. The van der Waals surface area contributed by atoms with E-state index >= 15 is 0 Å². The predicted octanol–water partition coefficient (Wildman–Crippen LogP) is 1.19. The molecule has 0 radical (unpaired) electrons. The number of aromatic carboxylic acids is 1. The molecule has 0 saturated heterocycles. The quantitative estimate of drug-likeness (QED) is 0.679. The molecule has 3 N–H and O–H groups in total. The summed E-state index contributed by atoms with van der Waals surface area (Å²) in [5, 5.41) is 27.1. The van der Waals surface area contributed by atoms with Gasteiger partial charge in [-0.1, -0.05) is 0 Å². The van der Waals surface area contributed by atoms with E-state index in [-0.39, 0.29) is 17.1 Å². The highest BCUT2D eigenvalue weighted by atomic mass is 16.5. The largest absolute Gasteiger partial charge is 0.507 e. The maximum Gasteiger partial charge on any atom is 0.339 e. The highest BCUT2D eigenvalue weighted by Gasteiger charge is 2.14. The van der Waals surface area contributed by atoms with Crippen LogP contribution in [0.3, 0.4) is 0 Å². The molecule has 0 aliphatic rings. The summed E-state index contributed by atoms with van der Waals surface area (Å²) < 4.78 is 4.96. The molecule has 0 fully saturated rings. The Bertz CT molecular complexity index is 358. The zero-order valence-electron chi connectivity index (χ0n) is 7.52. The Balaban J connectivity index is 3.20. The fraction of sp³-hybridized carbons (Fsp3) is 0.222. The molecule has 0 aromatic heterocycles. The van der Waals surface area contributed by atoms with Gasteiger partial charge in [-0.3, -0.25) is 0 Å². The second kappa shape index (κ2) is 3.87. The number of hydrogen-bond donors (Lipinski definition) is 3. The Hall–Kier alpha value is -1.91. The average Bonchev–Trinajstić information content (AvgIpc) is 2.09. The van der Waals surface area contributed by atoms with Gasteiger partial charge in [0.2, 0.25) is 0 Å². The third kappa shape index (κ3) is 1.87. The first kappa shape index (κ1) is 10.2. The summed E-state index contributed by atoms with van der Waals surface area (Å²) in [6, 6.07) is 2.02. The van der Waals surface area contributed by atoms with Crippen LogP contribution >= 0.6 is 0 Å². The van der Waals surface area contributed by atoms with Gasteiger partial charge in [0.15, 0.2) is 11.5 Å². The molecule has 1 aromatic rings. The van der Waals surface area contributed by atoms with Gasteiger partial charge in [-0.2, -0.15) is 0 Å². The molecule has 5 nitrogen and oxygen atoms in total. The Morgan fingerprint density at radius 1 is 1.36 bits per heavy atom. The van der Waals surface area contributed by atoms with Gasteiger partial charge in [0.1, 0.15) is 11.3 Å². The molecule has 0 aliphatic carbocycles. The van der Waals surface area contributed by atoms with Crippen molar-refractivity contribution in [1.82, 2.24) is 0 Å². The maximum absolute atomic E-state index is 10.6. The SMILES string of the molecule is CCOc1cc(C(=O)O)c(O)cc1O. The van der Waals surface area contributed by atoms with E-state index in [4.69, 9.17) is 14.9 Å². The molecule has 0 bridgehead atoms. The van der Waals surface area contributed by atoms with E-state index in [9.17, 15) is 9.90 Å². The number of phenolic OH excluding ortho intramolecular Hbond substituents is 1. The van der Waals surface area contributed by atoms with E-state index in [1.807, 2.05) is 0 Å². The minimum absolute atomic E-state index is 0.0442. The molecule has 0 heterocycles. The molecule has 0 unspecified atom stereocenters. The lowest BCUT2D eigenvalue weighted by Gasteiger charge is -2.07. The highest BCUT2D eigenvalue weighted by Crippen LogP contribution is 2.33. The molecule has 1 rings (SSSR count). The van der Waals surface area contributed by atoms with Crippen LogP contribution in [0.4, 0.5) is 0 Å². The van der Waals surface area contributed by atoms with Crippen molar-refractivity contribution in [3.8, 4) is 17.2 Å². The molecule has 5 heteroatoms. The van der Waals surface area contributed by atoms with Crippen LogP contribution in [0.1, 0.15) is 17.3 Å². The highest BCUT2D eigenvalue weighted by molar-refractivity contribution is 5.91. The van der Waals surface area contributed by atoms with Gasteiger partial charge in [-0.15, -0.1) is 0 Å². The maximum atomic E-state index is 10.6. The minimum atomic E-state index is -1.27. The van der Waals surface area contributed by atoms with Gasteiger partial charge in [0.05, 0.1) is 6.61 Å². The van der Waals surface area contributed by atoms with Crippen molar-refractivity contribution in [3.63, 3.8) is 0 Å². The van der Waals surface area contributed by atoms with Crippen LogP contribution in [0.2, 0.25) is 0 Å². The number of rotatable bonds is 3. The lowest BCUT2D eigenvalue weighted by molar-refractivity contribution is 0.0693. The van der Waals surface area contributed by atoms with E-state index in [2.05, 4.69) is 0 Å². The van der Waals surface area contributed by atoms with Crippen molar-refractivity contribution in [3.05, 3.63) is 17.7 Å². The molecule has 0 spiro atoms. The monoisotopic (exact) mass is 198 g/mol. The topological polar surface area (TPSA) is 87.0 Å². The molecule has 0 atom stereocenters. The van der Waals surface area contributed by atoms with Crippen molar-refractivity contribution >= 4 is 5.97 Å². The number of carboxylic acid groups (broad SMARTS) is 1. The van der Waals surface area contributed by atoms with Crippen LogP contribution in [0.15, 0.2) is 12.1 Å². The summed E-state index contributed by atoms with van der Waals surface area (Å²) in [5.41, 5.74) is -0.300. The first-order valence-corrected chi connectivity index (χ1v) is 3.98. The minimum Gasteiger partial charge on any atom is -0.507 e. The zero-order valence-corrected chi connectivity index (χ0v) is 7.52. The van der Waals surface area contributed by atoms with Crippen LogP contribution in [0.25, 0.3) is 0 Å². The first-order valence-electron chi connectivity index (χ1n) is 3.98. The summed E-state index contributed by atoms with van der Waals surface area (Å²) in [7, 11) is 0. The molecule has 1 aromatic carbocycles. The van der Waals surface area contributed by atoms with Gasteiger partial charge >= 0.3 is 5.97 Å². The number of hydrogen-bond acceptors (Lipinski definition) is 4. The molecule has 0 aliphatic heterocycles. The summed E-state index contributed by atoms with van der Waals surface area (Å²) in [5.74, 6) is -2.00. The smallest absolute Gasteiger partial charge is 0.339 e. The molecule has 76 valence electrons. The van der Waals surface area contributed by atoms with Crippen molar-refractivity contribution in [2.75, 3.05) is 6.61 Å². The van der Waals surface area contributed by atoms with Crippen molar-refractivity contribution in [1.29, 1.82) is 0 Å². The molecular weight excluding hydrogens is 188 g/mol. The van der Waals surface area contributed by atoms with E-state index in [0.717, 1.165) is 12.1 Å². The second-order valence-electron chi connectivity index (χ2n) is 2.58. The molecule has 14 heavy (non-hydrogen) atoms. The molecule has 0 amide bonds. The standard InChI is InChI=1S/C9H10O5/c1-2-14-8-3-5(9(12)13)6(10)4-7(8)11/h3-4,10-11H,2H2,1H3,(H,12,13). The summed E-state index contributed by atoms with van der Waals surface area (Å²) in [6.07, 6.45) is 0. The second-order valence-corrected chi connectivity index (χ2v) is 2.58. The van der Waals surface area contributed by atoms with Gasteiger partial charge in [0, 0.05) is 12.1 Å². The summed E-state index contributed by atoms with van der Waals surface area (Å²) in [4.78, 5) is 10.6. The van der Waals surface area contributed by atoms with Crippen molar-refractivity contribution in [2.45, 2.75) is 6.92 Å². The van der Waals surface area contributed by atoms with Crippen molar-refractivity contribution in [2.24, 2.45) is 0 Å². The number of carbonyl (C=O) groups is 1. The van der Waals surface area contributed by atoms with Crippen LogP contribution in [0, 0.1) is 0 Å². The molecule has 0 saturated carbocycles. The normalized spacial score (nSPS) is 9.79. The fourth-order valence-corrected chi connectivity index (χ4v) is 1.000. The Morgan fingerprint density at radius 3 is 2.50 bits per heavy atom. The number of ether oxygens (including phenoxy) is 1. The number of benzene rings is 1. The third-order valence-corrected chi connectivity index (χ3v) is 1.61. The van der Waals surface area contributed by atoms with Crippen LogP contribution < -0.4 is 4.74 Å². The van der Waals surface area contributed by atoms with Gasteiger partial charge in [-0.05, 0) is 6.92 Å². The van der Waals surface area contributed by atoms with Crippen molar-refractivity contribution < 1.29 is 24.9 Å². The van der Waals surface area contributed by atoms with Crippen LogP contribution in [-0.4, -0.2) is 27.9 Å². The van der Waals surface area contributed by atoms with Gasteiger partial charge in [-0.25, -0.2) is 4.79 Å².